The highest BCUT2D eigenvalue weighted by molar-refractivity contribution is 7.89. The van der Waals surface area contributed by atoms with Gasteiger partial charge in [-0.2, -0.15) is 4.31 Å². The van der Waals surface area contributed by atoms with Crippen molar-refractivity contribution in [3.8, 4) is 0 Å². The molecule has 1 N–H and O–H groups in total. The third-order valence-corrected chi connectivity index (χ3v) is 8.56. The van der Waals surface area contributed by atoms with Crippen molar-refractivity contribution in [2.75, 3.05) is 18.4 Å². The molecule has 0 radical (unpaired) electrons. The monoisotopic (exact) mass is 457 g/mol. The van der Waals surface area contributed by atoms with E-state index in [1.54, 1.807) is 33.8 Å². The van der Waals surface area contributed by atoms with Gasteiger partial charge in [0.2, 0.25) is 15.9 Å². The van der Waals surface area contributed by atoms with Crippen LogP contribution >= 0.6 is 11.3 Å². The van der Waals surface area contributed by atoms with Gasteiger partial charge < -0.3 is 5.32 Å². The van der Waals surface area contributed by atoms with Gasteiger partial charge in [-0.1, -0.05) is 24.6 Å². The first-order valence-corrected chi connectivity index (χ1v) is 12.9. The van der Waals surface area contributed by atoms with Gasteiger partial charge in [-0.25, -0.2) is 13.4 Å². The summed E-state index contributed by atoms with van der Waals surface area (Å²) in [6, 6.07) is 13.0. The molecule has 8 heteroatoms. The van der Waals surface area contributed by atoms with E-state index >= 15 is 0 Å². The summed E-state index contributed by atoms with van der Waals surface area (Å²) in [7, 11) is -3.53. The van der Waals surface area contributed by atoms with E-state index in [-0.39, 0.29) is 10.8 Å². The minimum absolute atomic E-state index is 0.114. The molecule has 1 amide bonds. The van der Waals surface area contributed by atoms with Gasteiger partial charge in [0.25, 0.3) is 0 Å². The minimum Gasteiger partial charge on any atom is -0.326 e. The summed E-state index contributed by atoms with van der Waals surface area (Å²) >= 11 is 1.66. The largest absolute Gasteiger partial charge is 0.326 e. The first kappa shape index (κ1) is 21.9. The Balaban J connectivity index is 1.37. The Labute approximate surface area is 187 Å². The summed E-state index contributed by atoms with van der Waals surface area (Å²) in [4.78, 5) is 17.3. The van der Waals surface area contributed by atoms with Gasteiger partial charge in [-0.3, -0.25) is 4.79 Å². The summed E-state index contributed by atoms with van der Waals surface area (Å²) in [5.41, 5.74) is 2.40. The molecule has 0 atom stereocenters. The molecule has 0 aliphatic carbocycles. The Morgan fingerprint density at radius 3 is 2.68 bits per heavy atom. The second-order valence-electron chi connectivity index (χ2n) is 7.92. The van der Waals surface area contributed by atoms with Crippen molar-refractivity contribution in [3.63, 3.8) is 0 Å². The average molecular weight is 458 g/mol. The van der Waals surface area contributed by atoms with Gasteiger partial charge >= 0.3 is 0 Å². The number of para-hydroxylation sites is 1. The molecule has 164 valence electrons. The molecule has 3 aromatic rings. The minimum atomic E-state index is -3.53. The Morgan fingerprint density at radius 2 is 1.90 bits per heavy atom. The van der Waals surface area contributed by atoms with Gasteiger partial charge in [-0.15, -0.1) is 11.3 Å². The maximum absolute atomic E-state index is 12.9. The third-order valence-electron chi connectivity index (χ3n) is 5.57. The molecule has 2 heterocycles. The number of fused-ring (bicyclic) bond motifs is 1. The predicted octanol–water partition coefficient (Wildman–Crippen LogP) is 4.74. The SMILES string of the molecule is Cc1ccc(S(=O)(=O)N2CCCCC2)cc1NC(=O)CCCc1nc2ccccc2s1. The van der Waals surface area contributed by atoms with Crippen molar-refractivity contribution >= 4 is 43.2 Å². The highest BCUT2D eigenvalue weighted by atomic mass is 32.2. The second-order valence-corrected chi connectivity index (χ2v) is 11.0. The van der Waals surface area contributed by atoms with E-state index in [1.165, 1.54) is 0 Å². The molecule has 1 aliphatic rings. The summed E-state index contributed by atoms with van der Waals surface area (Å²) in [5.74, 6) is -0.114. The fourth-order valence-corrected chi connectivity index (χ4v) is 6.34. The van der Waals surface area contributed by atoms with Crippen LogP contribution < -0.4 is 5.32 Å². The normalized spacial score (nSPS) is 15.3. The molecule has 0 saturated carbocycles. The van der Waals surface area contributed by atoms with Crippen LogP contribution in [0, 0.1) is 6.92 Å². The quantitative estimate of drug-likeness (QED) is 0.556. The molecular weight excluding hydrogens is 430 g/mol. The van der Waals surface area contributed by atoms with Crippen LogP contribution in [0.4, 0.5) is 5.69 Å². The predicted molar refractivity (Wildman–Crippen MR) is 125 cm³/mol. The molecule has 6 nitrogen and oxygen atoms in total. The molecule has 0 unspecified atom stereocenters. The molecular formula is C23H27N3O3S2. The number of benzene rings is 2. The molecule has 0 spiro atoms. The molecule has 1 saturated heterocycles. The van der Waals surface area contributed by atoms with E-state index < -0.39 is 10.0 Å². The number of aryl methyl sites for hydroxylation is 2. The van der Waals surface area contributed by atoms with Crippen molar-refractivity contribution < 1.29 is 13.2 Å². The molecule has 1 aliphatic heterocycles. The number of nitrogens with one attached hydrogen (secondary N) is 1. The lowest BCUT2D eigenvalue weighted by molar-refractivity contribution is -0.116. The lowest BCUT2D eigenvalue weighted by atomic mass is 10.2. The number of carbonyl (C=O) groups is 1. The number of thiazole rings is 1. The van der Waals surface area contributed by atoms with Crippen molar-refractivity contribution in [2.45, 2.75) is 50.3 Å². The molecule has 31 heavy (non-hydrogen) atoms. The van der Waals surface area contributed by atoms with Gasteiger partial charge in [0.05, 0.1) is 20.1 Å². The van der Waals surface area contributed by atoms with Crippen molar-refractivity contribution in [3.05, 3.63) is 53.0 Å². The van der Waals surface area contributed by atoms with E-state index in [2.05, 4.69) is 16.4 Å². The zero-order valence-electron chi connectivity index (χ0n) is 17.6. The van der Waals surface area contributed by atoms with Crippen LogP contribution in [0.5, 0.6) is 0 Å². The number of nitrogens with zero attached hydrogens (tertiary/aromatic N) is 2. The molecule has 4 rings (SSSR count). The van der Waals surface area contributed by atoms with Crippen LogP contribution in [0.3, 0.4) is 0 Å². The van der Waals surface area contributed by atoms with Crippen molar-refractivity contribution in [1.29, 1.82) is 0 Å². The molecule has 1 aromatic heterocycles. The van der Waals surface area contributed by atoms with Crippen LogP contribution in [0.25, 0.3) is 10.2 Å². The van der Waals surface area contributed by atoms with Crippen molar-refractivity contribution in [2.24, 2.45) is 0 Å². The summed E-state index contributed by atoms with van der Waals surface area (Å²) in [6.07, 6.45) is 4.65. The fraction of sp³-hybridized carbons (Fsp3) is 0.391. The number of hydrogen-bond donors (Lipinski definition) is 1. The standard InChI is InChI=1S/C23H27N3O3S2/c1-17-12-13-18(31(28,29)26-14-5-2-6-15-26)16-20(17)24-22(27)10-7-11-23-25-19-8-3-4-9-21(19)30-23/h3-4,8-9,12-13,16H,2,5-7,10-11,14-15H2,1H3,(H,24,27). The lowest BCUT2D eigenvalue weighted by Crippen LogP contribution is -2.35. The van der Waals surface area contributed by atoms with Crippen LogP contribution in [-0.4, -0.2) is 36.7 Å². The number of rotatable bonds is 7. The Kier molecular flexibility index (Phi) is 6.69. The van der Waals surface area contributed by atoms with Crippen LogP contribution in [0.15, 0.2) is 47.4 Å². The number of carbonyl (C=O) groups excluding carboxylic acids is 1. The van der Waals surface area contributed by atoms with Gasteiger partial charge in [0, 0.05) is 25.2 Å². The first-order valence-electron chi connectivity index (χ1n) is 10.7. The smallest absolute Gasteiger partial charge is 0.243 e. The third kappa shape index (κ3) is 5.14. The maximum Gasteiger partial charge on any atom is 0.243 e. The molecule has 2 aromatic carbocycles. The zero-order valence-corrected chi connectivity index (χ0v) is 19.3. The van der Waals surface area contributed by atoms with E-state index in [0.717, 1.165) is 46.5 Å². The number of sulfonamides is 1. The van der Waals surface area contributed by atoms with Crippen molar-refractivity contribution in [1.82, 2.24) is 9.29 Å². The summed E-state index contributed by atoms with van der Waals surface area (Å²) in [5, 5.41) is 3.93. The number of piperidine rings is 1. The van der Waals surface area contributed by atoms with Gasteiger partial charge in [-0.05, 0) is 62.4 Å². The number of hydrogen-bond acceptors (Lipinski definition) is 5. The number of amides is 1. The topological polar surface area (TPSA) is 79.4 Å². The molecule has 1 fully saturated rings. The van der Waals surface area contributed by atoms with Gasteiger partial charge in [0.1, 0.15) is 0 Å². The Morgan fingerprint density at radius 1 is 1.13 bits per heavy atom. The average Bonchev–Trinajstić information content (AvgIpc) is 3.18. The van der Waals surface area contributed by atoms with E-state index in [1.807, 2.05) is 25.1 Å². The van der Waals surface area contributed by atoms with Gasteiger partial charge in [0.15, 0.2) is 0 Å². The first-order chi connectivity index (χ1) is 14.9. The fourth-order valence-electron chi connectivity index (χ4n) is 3.79. The summed E-state index contributed by atoms with van der Waals surface area (Å²) < 4.78 is 28.6. The van der Waals surface area contributed by atoms with E-state index in [0.29, 0.717) is 31.6 Å². The maximum atomic E-state index is 12.9. The Bertz CT molecular complexity index is 1150. The second kappa shape index (κ2) is 9.46. The highest BCUT2D eigenvalue weighted by Crippen LogP contribution is 2.26. The number of anilines is 1. The van der Waals surface area contributed by atoms with Crippen LogP contribution in [-0.2, 0) is 21.2 Å². The number of aromatic nitrogens is 1. The zero-order chi connectivity index (χ0) is 21.8. The van der Waals surface area contributed by atoms with Crippen LogP contribution in [0.2, 0.25) is 0 Å². The van der Waals surface area contributed by atoms with E-state index in [9.17, 15) is 13.2 Å². The lowest BCUT2D eigenvalue weighted by Gasteiger charge is -2.26. The van der Waals surface area contributed by atoms with Crippen LogP contribution in [0.1, 0.15) is 42.7 Å². The highest BCUT2D eigenvalue weighted by Gasteiger charge is 2.26. The summed E-state index contributed by atoms with van der Waals surface area (Å²) in [6.45, 7) is 2.99. The Hall–Kier alpha value is -2.29. The molecule has 0 bridgehead atoms. The van der Waals surface area contributed by atoms with E-state index in [4.69, 9.17) is 0 Å².